The SMILES string of the molecule is C[C@H](NC(=O)OCc1ccccc1)c1ccc(OC2CNC2)cc1. The van der Waals surface area contributed by atoms with E-state index in [1.807, 2.05) is 61.5 Å². The second kappa shape index (κ2) is 7.84. The maximum absolute atomic E-state index is 11.9. The van der Waals surface area contributed by atoms with Crippen molar-refractivity contribution in [2.24, 2.45) is 0 Å². The molecule has 5 heteroatoms. The lowest BCUT2D eigenvalue weighted by Crippen LogP contribution is -2.50. The van der Waals surface area contributed by atoms with Gasteiger partial charge in [-0.05, 0) is 30.2 Å². The Morgan fingerprint density at radius 2 is 1.88 bits per heavy atom. The molecule has 1 amide bonds. The fraction of sp³-hybridized carbons (Fsp3) is 0.316. The van der Waals surface area contributed by atoms with Crippen LogP contribution in [0.15, 0.2) is 54.6 Å². The van der Waals surface area contributed by atoms with Crippen LogP contribution in [-0.2, 0) is 11.3 Å². The van der Waals surface area contributed by atoms with E-state index >= 15 is 0 Å². The van der Waals surface area contributed by atoms with E-state index in [1.54, 1.807) is 0 Å². The molecule has 2 aromatic carbocycles. The van der Waals surface area contributed by atoms with Crippen LogP contribution in [-0.4, -0.2) is 25.3 Å². The predicted molar refractivity (Wildman–Crippen MR) is 91.9 cm³/mol. The van der Waals surface area contributed by atoms with E-state index in [9.17, 15) is 4.79 Å². The van der Waals surface area contributed by atoms with E-state index in [0.717, 1.165) is 30.0 Å². The molecule has 126 valence electrons. The van der Waals surface area contributed by atoms with Gasteiger partial charge in [-0.2, -0.15) is 0 Å². The highest BCUT2D eigenvalue weighted by atomic mass is 16.5. The Bertz CT molecular complexity index is 654. The number of benzene rings is 2. The molecule has 2 aromatic rings. The minimum Gasteiger partial charge on any atom is -0.488 e. The van der Waals surface area contributed by atoms with Crippen molar-refractivity contribution in [3.05, 3.63) is 65.7 Å². The highest BCUT2D eigenvalue weighted by molar-refractivity contribution is 5.67. The number of hydrogen-bond donors (Lipinski definition) is 2. The summed E-state index contributed by atoms with van der Waals surface area (Å²) in [6.45, 7) is 3.98. The Morgan fingerprint density at radius 3 is 2.50 bits per heavy atom. The standard InChI is InChI=1S/C19H22N2O3/c1-14(21-19(22)23-13-15-5-3-2-4-6-15)16-7-9-17(10-8-16)24-18-11-20-12-18/h2-10,14,18,20H,11-13H2,1H3,(H,21,22)/t14-/m0/s1. The molecule has 0 aliphatic carbocycles. The third-order valence-corrected chi connectivity index (χ3v) is 3.97. The summed E-state index contributed by atoms with van der Waals surface area (Å²) in [5.41, 5.74) is 1.97. The number of ether oxygens (including phenoxy) is 2. The summed E-state index contributed by atoms with van der Waals surface area (Å²) in [5.74, 6) is 0.851. The van der Waals surface area contributed by atoms with E-state index in [1.165, 1.54) is 0 Å². The fourth-order valence-electron chi connectivity index (χ4n) is 2.40. The Labute approximate surface area is 142 Å². The molecule has 0 aromatic heterocycles. The molecule has 0 saturated carbocycles. The van der Waals surface area contributed by atoms with Crippen LogP contribution >= 0.6 is 0 Å². The smallest absolute Gasteiger partial charge is 0.407 e. The molecule has 0 spiro atoms. The van der Waals surface area contributed by atoms with Gasteiger partial charge >= 0.3 is 6.09 Å². The van der Waals surface area contributed by atoms with Crippen molar-refractivity contribution in [2.45, 2.75) is 25.7 Å². The molecule has 1 aliphatic heterocycles. The molecule has 0 radical (unpaired) electrons. The molecule has 1 heterocycles. The highest BCUT2D eigenvalue weighted by Gasteiger charge is 2.18. The zero-order valence-corrected chi connectivity index (χ0v) is 13.7. The van der Waals surface area contributed by atoms with Gasteiger partial charge in [0.15, 0.2) is 0 Å². The van der Waals surface area contributed by atoms with Crippen molar-refractivity contribution in [1.82, 2.24) is 10.6 Å². The average molecular weight is 326 g/mol. The van der Waals surface area contributed by atoms with E-state index in [2.05, 4.69) is 10.6 Å². The lowest BCUT2D eigenvalue weighted by molar-refractivity contribution is 0.136. The number of rotatable bonds is 6. The fourth-order valence-corrected chi connectivity index (χ4v) is 2.40. The molecule has 0 unspecified atom stereocenters. The summed E-state index contributed by atoms with van der Waals surface area (Å²) in [5, 5.41) is 6.01. The van der Waals surface area contributed by atoms with Gasteiger partial charge in [-0.1, -0.05) is 42.5 Å². The minimum absolute atomic E-state index is 0.132. The maximum atomic E-state index is 11.9. The number of carbonyl (C=O) groups excluding carboxylic acids is 1. The van der Waals surface area contributed by atoms with Crippen LogP contribution in [0.5, 0.6) is 5.75 Å². The van der Waals surface area contributed by atoms with Crippen molar-refractivity contribution >= 4 is 6.09 Å². The summed E-state index contributed by atoms with van der Waals surface area (Å²) in [7, 11) is 0. The third-order valence-electron chi connectivity index (χ3n) is 3.97. The molecule has 1 atom stereocenters. The van der Waals surface area contributed by atoms with Gasteiger partial charge in [-0.15, -0.1) is 0 Å². The average Bonchev–Trinajstić information content (AvgIpc) is 2.58. The van der Waals surface area contributed by atoms with Gasteiger partial charge in [0, 0.05) is 13.1 Å². The molecular formula is C19H22N2O3. The second-order valence-electron chi connectivity index (χ2n) is 5.89. The summed E-state index contributed by atoms with van der Waals surface area (Å²) in [6.07, 6.45) is -0.161. The number of amides is 1. The first kappa shape index (κ1) is 16.3. The molecule has 1 saturated heterocycles. The number of carbonyl (C=O) groups is 1. The molecule has 2 N–H and O–H groups in total. The first-order valence-electron chi connectivity index (χ1n) is 8.15. The van der Waals surface area contributed by atoms with E-state index in [0.29, 0.717) is 0 Å². The predicted octanol–water partition coefficient (Wildman–Crippen LogP) is 3.02. The normalized spacial score (nSPS) is 15.2. The monoisotopic (exact) mass is 326 g/mol. The van der Waals surface area contributed by atoms with Crippen LogP contribution in [0.4, 0.5) is 4.79 Å². The quantitative estimate of drug-likeness (QED) is 0.857. The third kappa shape index (κ3) is 4.49. The van der Waals surface area contributed by atoms with Crippen LogP contribution in [0, 0.1) is 0 Å². The van der Waals surface area contributed by atoms with E-state index in [-0.39, 0.29) is 18.8 Å². The van der Waals surface area contributed by atoms with E-state index < -0.39 is 6.09 Å². The highest BCUT2D eigenvalue weighted by Crippen LogP contribution is 2.19. The first-order chi connectivity index (χ1) is 11.7. The molecule has 1 fully saturated rings. The van der Waals surface area contributed by atoms with Crippen molar-refractivity contribution in [1.29, 1.82) is 0 Å². The van der Waals surface area contributed by atoms with Crippen LogP contribution in [0.2, 0.25) is 0 Å². The number of alkyl carbamates (subject to hydrolysis) is 1. The Morgan fingerprint density at radius 1 is 1.17 bits per heavy atom. The number of nitrogens with one attached hydrogen (secondary N) is 2. The van der Waals surface area contributed by atoms with Gasteiger partial charge in [0.2, 0.25) is 0 Å². The summed E-state index contributed by atoms with van der Waals surface area (Å²) < 4.78 is 11.0. The van der Waals surface area contributed by atoms with Crippen molar-refractivity contribution in [2.75, 3.05) is 13.1 Å². The molecular weight excluding hydrogens is 304 g/mol. The van der Waals surface area contributed by atoms with Crippen molar-refractivity contribution in [3.8, 4) is 5.75 Å². The van der Waals surface area contributed by atoms with Gasteiger partial charge in [-0.25, -0.2) is 4.79 Å². The second-order valence-corrected chi connectivity index (χ2v) is 5.89. The summed E-state index contributed by atoms with van der Waals surface area (Å²) in [6, 6.07) is 17.3. The molecule has 0 bridgehead atoms. The lowest BCUT2D eigenvalue weighted by Gasteiger charge is -2.27. The van der Waals surface area contributed by atoms with E-state index in [4.69, 9.17) is 9.47 Å². The van der Waals surface area contributed by atoms with Crippen LogP contribution in [0.25, 0.3) is 0 Å². The lowest BCUT2D eigenvalue weighted by atomic mass is 10.1. The Kier molecular flexibility index (Phi) is 5.33. The number of hydrogen-bond acceptors (Lipinski definition) is 4. The first-order valence-corrected chi connectivity index (χ1v) is 8.15. The Hall–Kier alpha value is -2.53. The van der Waals surface area contributed by atoms with Gasteiger partial charge in [0.1, 0.15) is 18.5 Å². The molecule has 3 rings (SSSR count). The Balaban J connectivity index is 1.46. The van der Waals surface area contributed by atoms with Crippen molar-refractivity contribution in [3.63, 3.8) is 0 Å². The molecule has 1 aliphatic rings. The zero-order chi connectivity index (χ0) is 16.8. The summed E-state index contributed by atoms with van der Waals surface area (Å²) >= 11 is 0. The summed E-state index contributed by atoms with van der Waals surface area (Å²) in [4.78, 5) is 11.9. The minimum atomic E-state index is -0.424. The van der Waals surface area contributed by atoms with Crippen LogP contribution in [0.1, 0.15) is 24.1 Å². The molecule has 24 heavy (non-hydrogen) atoms. The van der Waals surface area contributed by atoms with Gasteiger partial charge in [0.25, 0.3) is 0 Å². The van der Waals surface area contributed by atoms with Crippen molar-refractivity contribution < 1.29 is 14.3 Å². The van der Waals surface area contributed by atoms with Crippen LogP contribution < -0.4 is 15.4 Å². The van der Waals surface area contributed by atoms with Gasteiger partial charge < -0.3 is 20.1 Å². The van der Waals surface area contributed by atoms with Crippen LogP contribution in [0.3, 0.4) is 0 Å². The largest absolute Gasteiger partial charge is 0.488 e. The van der Waals surface area contributed by atoms with Gasteiger partial charge in [0.05, 0.1) is 6.04 Å². The maximum Gasteiger partial charge on any atom is 0.407 e. The molecule has 5 nitrogen and oxygen atoms in total. The van der Waals surface area contributed by atoms with Gasteiger partial charge in [-0.3, -0.25) is 0 Å². The zero-order valence-electron chi connectivity index (χ0n) is 13.7. The topological polar surface area (TPSA) is 59.6 Å².